The highest BCUT2D eigenvalue weighted by molar-refractivity contribution is 5.93. The molecule has 0 bridgehead atoms. The van der Waals surface area contributed by atoms with Crippen LogP contribution >= 0.6 is 0 Å². The van der Waals surface area contributed by atoms with E-state index in [0.717, 1.165) is 62.0 Å². The molecule has 2 fully saturated rings. The third kappa shape index (κ3) is 4.66. The fourth-order valence-corrected chi connectivity index (χ4v) is 4.54. The van der Waals surface area contributed by atoms with Crippen LogP contribution in [-0.2, 0) is 9.59 Å². The Bertz CT molecular complexity index is 642. The molecule has 4 heteroatoms. The molecule has 3 rings (SSSR count). The van der Waals surface area contributed by atoms with Gasteiger partial charge in [0.15, 0.2) is 0 Å². The van der Waals surface area contributed by atoms with Gasteiger partial charge in [-0.15, -0.1) is 0 Å². The summed E-state index contributed by atoms with van der Waals surface area (Å²) in [6, 6.07) is 6.13. The molecule has 1 saturated carbocycles. The minimum absolute atomic E-state index is 0.0279. The van der Waals surface area contributed by atoms with Crippen molar-refractivity contribution >= 4 is 17.5 Å². The van der Waals surface area contributed by atoms with Crippen molar-refractivity contribution in [2.24, 2.45) is 17.8 Å². The molecule has 0 radical (unpaired) electrons. The molecule has 1 atom stereocenters. The predicted molar refractivity (Wildman–Crippen MR) is 105 cm³/mol. The second kappa shape index (κ2) is 8.24. The maximum absolute atomic E-state index is 12.8. The summed E-state index contributed by atoms with van der Waals surface area (Å²) in [6.07, 6.45) is 5.67. The van der Waals surface area contributed by atoms with Crippen LogP contribution in [0.5, 0.6) is 0 Å². The number of aryl methyl sites for hydroxylation is 2. The molecule has 1 aromatic carbocycles. The van der Waals surface area contributed by atoms with Crippen LogP contribution in [0.3, 0.4) is 0 Å². The molecule has 2 aliphatic rings. The topological polar surface area (TPSA) is 49.4 Å². The fourth-order valence-electron chi connectivity index (χ4n) is 4.54. The van der Waals surface area contributed by atoms with Crippen LogP contribution in [0.2, 0.25) is 0 Å². The minimum Gasteiger partial charge on any atom is -0.342 e. The number of likely N-dealkylation sites (tertiary alicyclic amines) is 1. The first kappa shape index (κ1) is 18.9. The molecule has 142 valence electrons. The van der Waals surface area contributed by atoms with Crippen molar-refractivity contribution in [2.75, 3.05) is 18.4 Å². The van der Waals surface area contributed by atoms with Crippen LogP contribution in [0.25, 0.3) is 0 Å². The van der Waals surface area contributed by atoms with Gasteiger partial charge in [0, 0.05) is 30.6 Å². The van der Waals surface area contributed by atoms with Crippen molar-refractivity contribution in [1.82, 2.24) is 4.90 Å². The van der Waals surface area contributed by atoms with Crippen LogP contribution < -0.4 is 5.32 Å². The molecule has 1 N–H and O–H groups in total. The van der Waals surface area contributed by atoms with E-state index in [1.807, 2.05) is 26.0 Å². The van der Waals surface area contributed by atoms with E-state index in [4.69, 9.17) is 0 Å². The lowest BCUT2D eigenvalue weighted by atomic mass is 9.80. The van der Waals surface area contributed by atoms with E-state index in [2.05, 4.69) is 23.2 Å². The first-order valence-electron chi connectivity index (χ1n) is 10.1. The first-order chi connectivity index (χ1) is 12.4. The molecule has 1 unspecified atom stereocenters. The molecule has 0 spiro atoms. The highest BCUT2D eigenvalue weighted by Crippen LogP contribution is 2.32. The predicted octanol–water partition coefficient (Wildman–Crippen LogP) is 4.31. The van der Waals surface area contributed by atoms with Crippen molar-refractivity contribution in [3.05, 3.63) is 29.3 Å². The van der Waals surface area contributed by atoms with Gasteiger partial charge in [-0.1, -0.05) is 13.0 Å². The molecule has 4 nitrogen and oxygen atoms in total. The van der Waals surface area contributed by atoms with Crippen molar-refractivity contribution in [3.63, 3.8) is 0 Å². The van der Waals surface area contributed by atoms with Gasteiger partial charge < -0.3 is 10.2 Å². The summed E-state index contributed by atoms with van der Waals surface area (Å²) in [4.78, 5) is 27.4. The Morgan fingerprint density at radius 2 is 1.58 bits per heavy atom. The number of carbonyl (C=O) groups is 2. The summed E-state index contributed by atoms with van der Waals surface area (Å²) in [5.41, 5.74) is 3.20. The Balaban J connectivity index is 1.51. The number of benzene rings is 1. The van der Waals surface area contributed by atoms with E-state index >= 15 is 0 Å². The van der Waals surface area contributed by atoms with Crippen LogP contribution in [0.4, 0.5) is 5.69 Å². The zero-order chi connectivity index (χ0) is 18.7. The SMILES string of the molecule is Cc1cc(C)cc(NC(=O)C2CCC(C(=O)N3CCCC(C)C3)CC2)c1. The highest BCUT2D eigenvalue weighted by Gasteiger charge is 2.33. The number of nitrogens with zero attached hydrogens (tertiary/aromatic N) is 1. The molecule has 26 heavy (non-hydrogen) atoms. The Labute approximate surface area is 157 Å². The monoisotopic (exact) mass is 356 g/mol. The number of hydrogen-bond donors (Lipinski definition) is 1. The van der Waals surface area contributed by atoms with Crippen LogP contribution in [0.1, 0.15) is 56.6 Å². The lowest BCUT2D eigenvalue weighted by molar-refractivity contribution is -0.139. The van der Waals surface area contributed by atoms with Crippen LogP contribution in [-0.4, -0.2) is 29.8 Å². The molecule has 1 heterocycles. The van der Waals surface area contributed by atoms with Crippen molar-refractivity contribution in [2.45, 2.75) is 59.3 Å². The van der Waals surface area contributed by atoms with Crippen molar-refractivity contribution in [1.29, 1.82) is 0 Å². The number of amides is 2. The average molecular weight is 357 g/mol. The Kier molecular flexibility index (Phi) is 6.00. The van der Waals surface area contributed by atoms with Crippen LogP contribution in [0.15, 0.2) is 18.2 Å². The summed E-state index contributed by atoms with van der Waals surface area (Å²) in [5.74, 6) is 1.19. The van der Waals surface area contributed by atoms with Gasteiger partial charge in [0.05, 0.1) is 0 Å². The summed E-state index contributed by atoms with van der Waals surface area (Å²) >= 11 is 0. The van der Waals surface area contributed by atoms with Gasteiger partial charge in [-0.2, -0.15) is 0 Å². The molecule has 2 amide bonds. The van der Waals surface area contributed by atoms with E-state index in [1.54, 1.807) is 0 Å². The van der Waals surface area contributed by atoms with E-state index in [-0.39, 0.29) is 17.7 Å². The van der Waals surface area contributed by atoms with Crippen molar-refractivity contribution < 1.29 is 9.59 Å². The van der Waals surface area contributed by atoms with E-state index < -0.39 is 0 Å². The normalized spacial score (nSPS) is 26.4. The zero-order valence-electron chi connectivity index (χ0n) is 16.4. The summed E-state index contributed by atoms with van der Waals surface area (Å²) in [6.45, 7) is 8.14. The summed E-state index contributed by atoms with van der Waals surface area (Å²) < 4.78 is 0. The number of rotatable bonds is 3. The van der Waals surface area contributed by atoms with Gasteiger partial charge in [0.1, 0.15) is 0 Å². The third-order valence-electron chi connectivity index (χ3n) is 5.91. The van der Waals surface area contributed by atoms with Crippen LogP contribution in [0, 0.1) is 31.6 Å². The third-order valence-corrected chi connectivity index (χ3v) is 5.91. The smallest absolute Gasteiger partial charge is 0.227 e. The van der Waals surface area contributed by atoms with Gasteiger partial charge in [-0.3, -0.25) is 9.59 Å². The second-order valence-electron chi connectivity index (χ2n) is 8.45. The summed E-state index contributed by atoms with van der Waals surface area (Å²) in [5, 5.41) is 3.07. The first-order valence-corrected chi connectivity index (χ1v) is 10.1. The van der Waals surface area contributed by atoms with E-state index in [0.29, 0.717) is 11.8 Å². The number of carbonyl (C=O) groups excluding carboxylic acids is 2. The Morgan fingerprint density at radius 3 is 2.19 bits per heavy atom. The molecular formula is C22H32N2O2. The lowest BCUT2D eigenvalue weighted by Gasteiger charge is -2.35. The molecular weight excluding hydrogens is 324 g/mol. The molecule has 1 aliphatic heterocycles. The number of anilines is 1. The minimum atomic E-state index is 0.0279. The largest absolute Gasteiger partial charge is 0.342 e. The quantitative estimate of drug-likeness (QED) is 0.877. The van der Waals surface area contributed by atoms with Gasteiger partial charge >= 0.3 is 0 Å². The van der Waals surface area contributed by atoms with Crippen molar-refractivity contribution in [3.8, 4) is 0 Å². The molecule has 1 saturated heterocycles. The molecule has 1 aromatic rings. The Hall–Kier alpha value is -1.84. The number of hydrogen-bond acceptors (Lipinski definition) is 2. The van der Waals surface area contributed by atoms with Gasteiger partial charge in [-0.25, -0.2) is 0 Å². The lowest BCUT2D eigenvalue weighted by Crippen LogP contribution is -2.43. The average Bonchev–Trinajstić information content (AvgIpc) is 2.60. The zero-order valence-corrected chi connectivity index (χ0v) is 16.4. The Morgan fingerprint density at radius 1 is 0.962 bits per heavy atom. The fraction of sp³-hybridized carbons (Fsp3) is 0.636. The molecule has 1 aliphatic carbocycles. The number of piperidine rings is 1. The standard InChI is InChI=1S/C22H32N2O2/c1-15-5-4-10-24(14-15)22(26)19-8-6-18(7-9-19)21(25)23-20-12-16(2)11-17(3)13-20/h11-13,15,18-19H,4-10,14H2,1-3H3,(H,23,25). The maximum Gasteiger partial charge on any atom is 0.227 e. The molecule has 0 aromatic heterocycles. The maximum atomic E-state index is 12.8. The van der Waals surface area contributed by atoms with E-state index in [9.17, 15) is 9.59 Å². The highest BCUT2D eigenvalue weighted by atomic mass is 16.2. The van der Waals surface area contributed by atoms with Gasteiger partial charge in [0.2, 0.25) is 11.8 Å². The van der Waals surface area contributed by atoms with Gasteiger partial charge in [-0.05, 0) is 81.5 Å². The number of nitrogens with one attached hydrogen (secondary N) is 1. The van der Waals surface area contributed by atoms with E-state index in [1.165, 1.54) is 6.42 Å². The second-order valence-corrected chi connectivity index (χ2v) is 8.45. The van der Waals surface area contributed by atoms with Gasteiger partial charge in [0.25, 0.3) is 0 Å². The summed E-state index contributed by atoms with van der Waals surface area (Å²) in [7, 11) is 0.